The Morgan fingerprint density at radius 2 is 1.63 bits per heavy atom. The summed E-state index contributed by atoms with van der Waals surface area (Å²) in [7, 11) is 0. The molecular weight excluding hydrogens is 550 g/mol. The summed E-state index contributed by atoms with van der Waals surface area (Å²) in [5, 5.41) is 9.88. The molecule has 3 aromatic carbocycles. The third-order valence-corrected chi connectivity index (χ3v) is 7.47. The summed E-state index contributed by atoms with van der Waals surface area (Å²) in [6.45, 7) is 5.94. The first-order valence-corrected chi connectivity index (χ1v) is 14.1. The van der Waals surface area contributed by atoms with Crippen molar-refractivity contribution >= 4 is 17.7 Å². The van der Waals surface area contributed by atoms with Crippen molar-refractivity contribution in [3.63, 3.8) is 0 Å². The first kappa shape index (κ1) is 28.1. The molecule has 0 radical (unpaired) electrons. The molecule has 1 atom stereocenters. The van der Waals surface area contributed by atoms with E-state index in [1.54, 1.807) is 49.4 Å². The van der Waals surface area contributed by atoms with Crippen molar-refractivity contribution < 1.29 is 28.8 Å². The van der Waals surface area contributed by atoms with E-state index in [2.05, 4.69) is 25.8 Å². The van der Waals surface area contributed by atoms with Gasteiger partial charge in [0.1, 0.15) is 17.3 Å². The number of piperazine rings is 1. The smallest absolute Gasteiger partial charge is 0.348 e. The predicted molar refractivity (Wildman–Crippen MR) is 160 cm³/mol. The van der Waals surface area contributed by atoms with Gasteiger partial charge in [-0.3, -0.25) is 4.90 Å². The van der Waals surface area contributed by atoms with Crippen LogP contribution in [0.5, 0.6) is 28.9 Å². The molecule has 2 aliphatic heterocycles. The van der Waals surface area contributed by atoms with E-state index in [0.717, 1.165) is 49.8 Å². The average Bonchev–Trinajstić information content (AvgIpc) is 3.47. The Balaban J connectivity index is 1.06. The SMILES string of the molecule is CC(Cc1ccc(Oc2cc(N3CCN(Cc4ccc5c(c4)OCO5)CC3)nc(N)n2)cc1)(Oc1ccccc1)C(=O)O. The molecule has 3 N–H and O–H groups in total. The first-order chi connectivity index (χ1) is 20.8. The lowest BCUT2D eigenvalue weighted by Gasteiger charge is -2.35. The molecule has 4 aromatic rings. The summed E-state index contributed by atoms with van der Waals surface area (Å²) in [5.74, 6) is 2.75. The molecule has 1 saturated heterocycles. The van der Waals surface area contributed by atoms with Crippen LogP contribution in [-0.4, -0.2) is 64.5 Å². The fraction of sp³-hybridized carbons (Fsp3) is 0.281. The lowest BCUT2D eigenvalue weighted by Crippen LogP contribution is -2.46. The highest BCUT2D eigenvalue weighted by molar-refractivity contribution is 5.78. The molecule has 2 aliphatic rings. The van der Waals surface area contributed by atoms with E-state index < -0.39 is 11.6 Å². The number of hydrogen-bond acceptors (Lipinski definition) is 10. The number of aliphatic carboxylic acids is 1. The van der Waals surface area contributed by atoms with Crippen molar-refractivity contribution in [2.24, 2.45) is 0 Å². The second kappa shape index (κ2) is 12.1. The molecule has 0 bridgehead atoms. The number of para-hydroxylation sites is 1. The molecule has 1 aromatic heterocycles. The van der Waals surface area contributed by atoms with Crippen molar-refractivity contribution in [2.45, 2.75) is 25.5 Å². The number of carboxylic acids is 1. The summed E-state index contributed by atoms with van der Waals surface area (Å²) in [6.07, 6.45) is 0.169. The lowest BCUT2D eigenvalue weighted by molar-refractivity contribution is -0.153. The number of benzene rings is 3. The van der Waals surface area contributed by atoms with Crippen molar-refractivity contribution in [1.29, 1.82) is 0 Å². The monoisotopic (exact) mass is 583 g/mol. The number of hydrogen-bond donors (Lipinski definition) is 2. The molecule has 0 spiro atoms. The largest absolute Gasteiger partial charge is 0.478 e. The average molecular weight is 584 g/mol. The Hall–Kier alpha value is -5.03. The van der Waals surface area contributed by atoms with Crippen LogP contribution in [0.25, 0.3) is 0 Å². The Labute approximate surface area is 249 Å². The maximum absolute atomic E-state index is 12.1. The van der Waals surface area contributed by atoms with Gasteiger partial charge in [-0.1, -0.05) is 36.4 Å². The maximum atomic E-state index is 12.1. The molecule has 1 fully saturated rings. The molecule has 0 amide bonds. The highest BCUT2D eigenvalue weighted by Gasteiger charge is 2.36. The molecule has 0 aliphatic carbocycles. The highest BCUT2D eigenvalue weighted by Crippen LogP contribution is 2.33. The van der Waals surface area contributed by atoms with E-state index in [9.17, 15) is 9.90 Å². The van der Waals surface area contributed by atoms with Gasteiger partial charge in [-0.2, -0.15) is 9.97 Å². The Kier molecular flexibility index (Phi) is 7.89. The molecule has 43 heavy (non-hydrogen) atoms. The maximum Gasteiger partial charge on any atom is 0.348 e. The number of nitrogen functional groups attached to an aromatic ring is 1. The number of fused-ring (bicyclic) bond motifs is 1. The minimum absolute atomic E-state index is 0.127. The summed E-state index contributed by atoms with van der Waals surface area (Å²) in [4.78, 5) is 25.3. The van der Waals surface area contributed by atoms with Crippen LogP contribution in [0, 0.1) is 0 Å². The van der Waals surface area contributed by atoms with Gasteiger partial charge in [-0.05, 0) is 54.4 Å². The van der Waals surface area contributed by atoms with Crippen LogP contribution in [0.1, 0.15) is 18.1 Å². The normalized spacial score (nSPS) is 16.0. The van der Waals surface area contributed by atoms with E-state index in [0.29, 0.717) is 23.2 Å². The van der Waals surface area contributed by atoms with Gasteiger partial charge >= 0.3 is 5.97 Å². The number of rotatable bonds is 10. The molecule has 11 nitrogen and oxygen atoms in total. The minimum Gasteiger partial charge on any atom is -0.478 e. The third-order valence-electron chi connectivity index (χ3n) is 7.47. The number of carboxylic acid groups (broad SMARTS) is 1. The van der Waals surface area contributed by atoms with Gasteiger partial charge in [0, 0.05) is 45.2 Å². The summed E-state index contributed by atoms with van der Waals surface area (Å²) >= 11 is 0. The van der Waals surface area contributed by atoms with Gasteiger partial charge in [0.15, 0.2) is 11.5 Å². The van der Waals surface area contributed by atoms with E-state index >= 15 is 0 Å². The Bertz CT molecular complexity index is 1580. The zero-order valence-electron chi connectivity index (χ0n) is 23.8. The fourth-order valence-electron chi connectivity index (χ4n) is 5.17. The van der Waals surface area contributed by atoms with E-state index in [-0.39, 0.29) is 19.2 Å². The van der Waals surface area contributed by atoms with Gasteiger partial charge in [0.2, 0.25) is 24.2 Å². The second-order valence-electron chi connectivity index (χ2n) is 10.7. The Morgan fingerprint density at radius 3 is 2.37 bits per heavy atom. The predicted octanol–water partition coefficient (Wildman–Crippen LogP) is 4.37. The number of ether oxygens (including phenoxy) is 4. The standard InChI is InChI=1S/C32H33N5O6/c1-32(30(38)39,43-25-5-3-2-4-6-25)19-22-7-10-24(11-8-22)42-29-18-28(34-31(33)35-29)37-15-13-36(14-16-37)20-23-9-12-26-27(17-23)41-21-40-26/h2-12,17-18H,13-16,19-21H2,1H3,(H,38,39)(H2,33,34,35). The van der Waals surface area contributed by atoms with Gasteiger partial charge in [0.05, 0.1) is 0 Å². The molecule has 11 heteroatoms. The van der Waals surface area contributed by atoms with E-state index in [1.807, 2.05) is 30.3 Å². The summed E-state index contributed by atoms with van der Waals surface area (Å²) < 4.78 is 22.8. The third kappa shape index (κ3) is 6.73. The number of carbonyl (C=O) groups is 1. The number of aromatic nitrogens is 2. The van der Waals surface area contributed by atoms with Crippen LogP contribution in [0.3, 0.4) is 0 Å². The van der Waals surface area contributed by atoms with Crippen molar-refractivity contribution in [3.8, 4) is 28.9 Å². The number of nitrogens with zero attached hydrogens (tertiary/aromatic N) is 4. The quantitative estimate of drug-likeness (QED) is 0.276. The zero-order chi connectivity index (χ0) is 29.8. The number of anilines is 2. The van der Waals surface area contributed by atoms with Crippen molar-refractivity contribution in [3.05, 3.63) is 90.0 Å². The molecule has 0 saturated carbocycles. The molecule has 1 unspecified atom stereocenters. The summed E-state index contributed by atoms with van der Waals surface area (Å²) in [6, 6.07) is 24.0. The van der Waals surface area contributed by atoms with E-state index in [4.69, 9.17) is 24.7 Å². The Morgan fingerprint density at radius 1 is 0.907 bits per heavy atom. The van der Waals surface area contributed by atoms with Crippen LogP contribution in [0.2, 0.25) is 0 Å². The molecular formula is C32H33N5O6. The van der Waals surface area contributed by atoms with Gasteiger partial charge < -0.3 is 34.7 Å². The lowest BCUT2D eigenvalue weighted by atomic mass is 9.96. The van der Waals surface area contributed by atoms with Crippen LogP contribution >= 0.6 is 0 Å². The zero-order valence-corrected chi connectivity index (χ0v) is 23.8. The van der Waals surface area contributed by atoms with E-state index in [1.165, 1.54) is 5.56 Å². The van der Waals surface area contributed by atoms with Crippen LogP contribution in [0.15, 0.2) is 78.9 Å². The fourth-order valence-corrected chi connectivity index (χ4v) is 5.17. The van der Waals surface area contributed by atoms with Gasteiger partial charge in [-0.25, -0.2) is 4.79 Å². The topological polar surface area (TPSA) is 132 Å². The van der Waals surface area contributed by atoms with Gasteiger partial charge in [-0.15, -0.1) is 0 Å². The van der Waals surface area contributed by atoms with Crippen LogP contribution in [-0.2, 0) is 17.8 Å². The van der Waals surface area contributed by atoms with Gasteiger partial charge in [0.25, 0.3) is 0 Å². The summed E-state index contributed by atoms with van der Waals surface area (Å²) in [5.41, 5.74) is 6.58. The molecule has 6 rings (SSSR count). The van der Waals surface area contributed by atoms with Crippen LogP contribution in [0.4, 0.5) is 11.8 Å². The van der Waals surface area contributed by atoms with Crippen LogP contribution < -0.4 is 29.6 Å². The minimum atomic E-state index is -1.44. The second-order valence-corrected chi connectivity index (χ2v) is 10.7. The van der Waals surface area contributed by atoms with Crippen molar-refractivity contribution in [2.75, 3.05) is 43.6 Å². The number of nitrogens with two attached hydrogens (primary N) is 1. The molecule has 222 valence electrons. The van der Waals surface area contributed by atoms with Crippen molar-refractivity contribution in [1.82, 2.24) is 14.9 Å². The first-order valence-electron chi connectivity index (χ1n) is 14.1. The molecule has 3 heterocycles. The highest BCUT2D eigenvalue weighted by atomic mass is 16.7.